The van der Waals surface area contributed by atoms with Crippen molar-refractivity contribution in [2.45, 2.75) is 6.54 Å². The molecule has 0 atom stereocenters. The summed E-state index contributed by atoms with van der Waals surface area (Å²) in [4.78, 5) is 10.2. The van der Waals surface area contributed by atoms with Gasteiger partial charge in [0.25, 0.3) is 0 Å². The molecule has 0 saturated carbocycles. The van der Waals surface area contributed by atoms with Crippen molar-refractivity contribution in [1.29, 1.82) is 0 Å². The molecule has 2 N–H and O–H groups in total. The minimum Gasteiger partial charge on any atom is -0.491 e. The number of nitrogens with one attached hydrogen (secondary N) is 1. The predicted molar refractivity (Wildman–Crippen MR) is 59.9 cm³/mol. The van der Waals surface area contributed by atoms with Crippen LogP contribution in [0.3, 0.4) is 0 Å². The third-order valence-electron chi connectivity index (χ3n) is 1.96. The first-order valence-electron chi connectivity index (χ1n) is 4.82. The number of rotatable bonds is 6. The summed E-state index contributed by atoms with van der Waals surface area (Å²) in [6.45, 7) is 0.498. The van der Waals surface area contributed by atoms with E-state index in [2.05, 4.69) is 11.2 Å². The quantitative estimate of drug-likeness (QED) is 0.534. The van der Waals surface area contributed by atoms with Crippen LogP contribution in [0.15, 0.2) is 18.2 Å². The van der Waals surface area contributed by atoms with Crippen molar-refractivity contribution in [2.24, 2.45) is 0 Å². The van der Waals surface area contributed by atoms with Crippen LogP contribution in [0.4, 0.5) is 0 Å². The highest BCUT2D eigenvalue weighted by atomic mass is 16.5. The molecular weight excluding hydrogens is 206 g/mol. The summed E-state index contributed by atoms with van der Waals surface area (Å²) in [7, 11) is 0. The van der Waals surface area contributed by atoms with Gasteiger partial charge < -0.3 is 15.2 Å². The zero-order valence-corrected chi connectivity index (χ0v) is 8.77. The third-order valence-corrected chi connectivity index (χ3v) is 1.96. The number of benzene rings is 1. The SMILES string of the molecule is C#Cc1ccc(CNC=O)c(OCCO)c1. The summed E-state index contributed by atoms with van der Waals surface area (Å²) < 4.78 is 5.32. The molecular formula is C12H13NO3. The summed E-state index contributed by atoms with van der Waals surface area (Å²) in [6.07, 6.45) is 5.89. The van der Waals surface area contributed by atoms with Crippen molar-refractivity contribution in [1.82, 2.24) is 5.32 Å². The lowest BCUT2D eigenvalue weighted by molar-refractivity contribution is -0.109. The van der Waals surface area contributed by atoms with Crippen molar-refractivity contribution >= 4 is 6.41 Å². The lowest BCUT2D eigenvalue weighted by atomic mass is 10.1. The zero-order valence-electron chi connectivity index (χ0n) is 8.77. The Morgan fingerprint density at radius 2 is 2.38 bits per heavy atom. The average Bonchev–Trinajstić information content (AvgIpc) is 2.34. The first-order valence-corrected chi connectivity index (χ1v) is 4.82. The Bertz CT molecular complexity index is 396. The summed E-state index contributed by atoms with van der Waals surface area (Å²) in [5.74, 6) is 3.08. The lowest BCUT2D eigenvalue weighted by Gasteiger charge is -2.10. The molecule has 0 saturated heterocycles. The molecule has 0 heterocycles. The van der Waals surface area contributed by atoms with E-state index in [1.807, 2.05) is 0 Å². The largest absolute Gasteiger partial charge is 0.491 e. The Morgan fingerprint density at radius 1 is 1.56 bits per heavy atom. The molecule has 0 bridgehead atoms. The van der Waals surface area contributed by atoms with Gasteiger partial charge in [0.15, 0.2) is 0 Å². The number of terminal acetylenes is 1. The maximum atomic E-state index is 10.2. The molecule has 0 aromatic heterocycles. The first-order chi connectivity index (χ1) is 7.81. The van der Waals surface area contributed by atoms with Gasteiger partial charge in [0.1, 0.15) is 12.4 Å². The van der Waals surface area contributed by atoms with Crippen LogP contribution in [0.2, 0.25) is 0 Å². The van der Waals surface area contributed by atoms with E-state index in [0.29, 0.717) is 24.3 Å². The Labute approximate surface area is 94.2 Å². The average molecular weight is 219 g/mol. The molecule has 0 aliphatic carbocycles. The summed E-state index contributed by atoms with van der Waals surface area (Å²) >= 11 is 0. The molecule has 1 amide bonds. The van der Waals surface area contributed by atoms with Gasteiger partial charge in [-0.25, -0.2) is 0 Å². The van der Waals surface area contributed by atoms with E-state index in [0.717, 1.165) is 5.56 Å². The minimum absolute atomic E-state index is 0.0686. The van der Waals surface area contributed by atoms with Crippen molar-refractivity contribution in [2.75, 3.05) is 13.2 Å². The molecule has 1 aromatic carbocycles. The fourth-order valence-corrected chi connectivity index (χ4v) is 1.23. The number of amides is 1. The highest BCUT2D eigenvalue weighted by Gasteiger charge is 2.04. The van der Waals surface area contributed by atoms with Crippen molar-refractivity contribution in [3.05, 3.63) is 29.3 Å². The summed E-state index contributed by atoms with van der Waals surface area (Å²) in [6, 6.07) is 5.27. The normalized spacial score (nSPS) is 9.25. The number of aliphatic hydroxyl groups is 1. The Balaban J connectivity index is 2.87. The molecule has 0 aliphatic rings. The second kappa shape index (κ2) is 6.49. The standard InChI is InChI=1S/C12H13NO3/c1-2-10-3-4-11(8-13-9-15)12(7-10)16-6-5-14/h1,3-4,7,9,14H,5-6,8H2,(H,13,15). The van der Waals surface area contributed by atoms with Gasteiger partial charge in [-0.05, 0) is 12.1 Å². The number of carbonyl (C=O) groups is 1. The van der Waals surface area contributed by atoms with Crippen LogP contribution < -0.4 is 10.1 Å². The highest BCUT2D eigenvalue weighted by molar-refractivity contribution is 5.49. The van der Waals surface area contributed by atoms with E-state index < -0.39 is 0 Å². The monoisotopic (exact) mass is 219 g/mol. The van der Waals surface area contributed by atoms with E-state index in [-0.39, 0.29) is 13.2 Å². The van der Waals surface area contributed by atoms with Crippen LogP contribution in [0.25, 0.3) is 0 Å². The predicted octanol–water partition coefficient (Wildman–Crippen LogP) is 0.285. The van der Waals surface area contributed by atoms with Crippen molar-refractivity contribution in [3.63, 3.8) is 0 Å². The zero-order chi connectivity index (χ0) is 11.8. The molecule has 84 valence electrons. The topological polar surface area (TPSA) is 58.6 Å². The number of hydrogen-bond acceptors (Lipinski definition) is 3. The van der Waals surface area contributed by atoms with Crippen LogP contribution in [0.1, 0.15) is 11.1 Å². The molecule has 16 heavy (non-hydrogen) atoms. The lowest BCUT2D eigenvalue weighted by Crippen LogP contribution is -2.12. The van der Waals surface area contributed by atoms with E-state index in [9.17, 15) is 4.79 Å². The second-order valence-electron chi connectivity index (χ2n) is 3.04. The molecule has 0 radical (unpaired) electrons. The van der Waals surface area contributed by atoms with E-state index in [1.165, 1.54) is 0 Å². The first kappa shape index (κ1) is 12.1. The van der Waals surface area contributed by atoms with Gasteiger partial charge in [-0.1, -0.05) is 12.0 Å². The molecule has 0 fully saturated rings. The van der Waals surface area contributed by atoms with E-state index in [4.69, 9.17) is 16.3 Å². The van der Waals surface area contributed by atoms with Gasteiger partial charge in [-0.3, -0.25) is 4.79 Å². The van der Waals surface area contributed by atoms with Crippen LogP contribution in [-0.4, -0.2) is 24.7 Å². The van der Waals surface area contributed by atoms with Gasteiger partial charge >= 0.3 is 0 Å². The van der Waals surface area contributed by atoms with Crippen LogP contribution in [-0.2, 0) is 11.3 Å². The number of hydrogen-bond donors (Lipinski definition) is 2. The van der Waals surface area contributed by atoms with Crippen molar-refractivity contribution in [3.8, 4) is 18.1 Å². The maximum Gasteiger partial charge on any atom is 0.207 e. The number of ether oxygens (including phenoxy) is 1. The Kier molecular flexibility index (Phi) is 4.90. The maximum absolute atomic E-state index is 10.2. The fourth-order valence-electron chi connectivity index (χ4n) is 1.23. The Morgan fingerprint density at radius 3 is 3.00 bits per heavy atom. The van der Waals surface area contributed by atoms with Gasteiger partial charge in [0, 0.05) is 17.7 Å². The van der Waals surface area contributed by atoms with Crippen LogP contribution >= 0.6 is 0 Å². The van der Waals surface area contributed by atoms with Gasteiger partial charge in [-0.2, -0.15) is 0 Å². The van der Waals surface area contributed by atoms with E-state index in [1.54, 1.807) is 18.2 Å². The molecule has 1 aromatic rings. The van der Waals surface area contributed by atoms with E-state index >= 15 is 0 Å². The molecule has 0 aliphatic heterocycles. The van der Waals surface area contributed by atoms with Gasteiger partial charge in [0.05, 0.1) is 6.61 Å². The van der Waals surface area contributed by atoms with Crippen molar-refractivity contribution < 1.29 is 14.6 Å². The molecule has 0 unspecified atom stereocenters. The highest BCUT2D eigenvalue weighted by Crippen LogP contribution is 2.20. The third kappa shape index (κ3) is 3.30. The van der Waals surface area contributed by atoms with Gasteiger partial charge in [-0.15, -0.1) is 6.42 Å². The van der Waals surface area contributed by atoms with Gasteiger partial charge in [0.2, 0.25) is 6.41 Å². The van der Waals surface area contributed by atoms with Crippen LogP contribution in [0, 0.1) is 12.3 Å². The second-order valence-corrected chi connectivity index (χ2v) is 3.04. The fraction of sp³-hybridized carbons (Fsp3) is 0.250. The Hall–Kier alpha value is -1.99. The number of aliphatic hydroxyl groups excluding tert-OH is 1. The summed E-state index contributed by atoms with van der Waals surface area (Å²) in [5.41, 5.74) is 1.52. The minimum atomic E-state index is -0.0686. The molecule has 0 spiro atoms. The molecule has 1 rings (SSSR count). The molecule has 4 heteroatoms. The smallest absolute Gasteiger partial charge is 0.207 e. The van der Waals surface area contributed by atoms with Crippen LogP contribution in [0.5, 0.6) is 5.75 Å². The summed E-state index contributed by atoms with van der Waals surface area (Å²) in [5, 5.41) is 11.2. The number of carbonyl (C=O) groups excluding carboxylic acids is 1. The molecule has 4 nitrogen and oxygen atoms in total.